The maximum Gasteiger partial charge on any atom is 0.243 e. The minimum Gasteiger partial charge on any atom is -0.379 e. The van der Waals surface area contributed by atoms with Crippen molar-refractivity contribution in [3.8, 4) is 6.07 Å². The molecule has 3 heterocycles. The molecule has 1 unspecified atom stereocenters. The summed E-state index contributed by atoms with van der Waals surface area (Å²) in [5.74, 6) is -0.000405. The molecule has 1 atom stereocenters. The molecule has 2 fully saturated rings. The van der Waals surface area contributed by atoms with E-state index in [2.05, 4.69) is 20.5 Å². The van der Waals surface area contributed by atoms with Gasteiger partial charge in [-0.15, -0.1) is 0 Å². The highest BCUT2D eigenvalue weighted by molar-refractivity contribution is 5.88. The summed E-state index contributed by atoms with van der Waals surface area (Å²) in [5, 5.41) is 9.42. The van der Waals surface area contributed by atoms with Gasteiger partial charge in [-0.2, -0.15) is 5.26 Å². The van der Waals surface area contributed by atoms with E-state index in [0.29, 0.717) is 19.4 Å². The molecule has 1 amide bonds. The summed E-state index contributed by atoms with van der Waals surface area (Å²) in [6, 6.07) is 2.19. The van der Waals surface area contributed by atoms with Crippen molar-refractivity contribution in [3.05, 3.63) is 17.7 Å². The summed E-state index contributed by atoms with van der Waals surface area (Å²) >= 11 is 0. The highest BCUT2D eigenvalue weighted by Gasteiger charge is 2.54. The fourth-order valence-corrected chi connectivity index (χ4v) is 3.82. The molecule has 1 saturated heterocycles. The van der Waals surface area contributed by atoms with Crippen LogP contribution in [0.3, 0.4) is 0 Å². The second-order valence-corrected chi connectivity index (χ2v) is 7.06. The third-order valence-electron chi connectivity index (χ3n) is 5.54. The van der Waals surface area contributed by atoms with Gasteiger partial charge in [-0.1, -0.05) is 0 Å². The number of carbonyl (C=O) groups is 1. The highest BCUT2D eigenvalue weighted by Crippen LogP contribution is 2.48. The second-order valence-electron chi connectivity index (χ2n) is 7.06. The number of carbonyl (C=O) groups excluding carboxylic acids is 1. The van der Waals surface area contributed by atoms with Gasteiger partial charge in [0, 0.05) is 45.3 Å². The molecule has 7 heteroatoms. The average Bonchev–Trinajstić information content (AvgIpc) is 3.33. The third kappa shape index (κ3) is 2.50. The fraction of sp³-hybridized carbons (Fsp3) is 0.706. The van der Waals surface area contributed by atoms with E-state index < -0.39 is 5.41 Å². The molecule has 0 N–H and O–H groups in total. The van der Waals surface area contributed by atoms with Crippen LogP contribution in [0.25, 0.3) is 0 Å². The van der Waals surface area contributed by atoms with Crippen LogP contribution in [0.5, 0.6) is 0 Å². The van der Waals surface area contributed by atoms with Crippen molar-refractivity contribution in [2.24, 2.45) is 12.5 Å². The van der Waals surface area contributed by atoms with Crippen LogP contribution in [-0.2, 0) is 23.0 Å². The predicted octanol–water partition coefficient (Wildman–Crippen LogP) is 0.482. The molecule has 3 aliphatic rings. The first-order valence-corrected chi connectivity index (χ1v) is 8.67. The number of nitriles is 1. The molecule has 1 aromatic heterocycles. The molecule has 128 valence electrons. The van der Waals surface area contributed by atoms with Crippen molar-refractivity contribution >= 4 is 5.91 Å². The maximum atomic E-state index is 13.0. The lowest BCUT2D eigenvalue weighted by molar-refractivity contribution is -0.138. The zero-order valence-electron chi connectivity index (χ0n) is 14.1. The van der Waals surface area contributed by atoms with Crippen LogP contribution in [0, 0.1) is 16.7 Å². The summed E-state index contributed by atoms with van der Waals surface area (Å²) in [4.78, 5) is 21.9. The summed E-state index contributed by atoms with van der Waals surface area (Å²) in [5.41, 5.74) is 1.44. The van der Waals surface area contributed by atoms with Crippen LogP contribution in [0.1, 0.15) is 30.3 Å². The molecular formula is C17H23N5O2. The minimum absolute atomic E-state index is 0.000405. The Bertz CT molecular complexity index is 682. The van der Waals surface area contributed by atoms with Gasteiger partial charge in [0.05, 0.1) is 37.3 Å². The molecule has 0 bridgehead atoms. The molecule has 7 nitrogen and oxygen atoms in total. The van der Waals surface area contributed by atoms with Gasteiger partial charge in [-0.05, 0) is 12.8 Å². The van der Waals surface area contributed by atoms with E-state index >= 15 is 0 Å². The Hall–Kier alpha value is -1.91. The van der Waals surface area contributed by atoms with E-state index in [4.69, 9.17) is 4.74 Å². The van der Waals surface area contributed by atoms with Crippen molar-refractivity contribution in [2.45, 2.75) is 25.3 Å². The lowest BCUT2D eigenvalue weighted by atomic mass is 9.98. The van der Waals surface area contributed by atoms with Crippen molar-refractivity contribution in [3.63, 3.8) is 0 Å². The van der Waals surface area contributed by atoms with Gasteiger partial charge in [0.25, 0.3) is 0 Å². The molecule has 1 aliphatic carbocycles. The quantitative estimate of drug-likeness (QED) is 0.806. The molecular weight excluding hydrogens is 306 g/mol. The van der Waals surface area contributed by atoms with Crippen LogP contribution in [0.15, 0.2) is 6.33 Å². The number of ether oxygens (including phenoxy) is 1. The molecule has 0 aromatic carbocycles. The normalized spacial score (nSPS) is 25.8. The molecule has 0 spiro atoms. The monoisotopic (exact) mass is 329 g/mol. The SMILES string of the molecule is Cn1cnc2c1CCN(C(=O)C1(C#N)CC1)C2CN1CCOCC1. The van der Waals surface area contributed by atoms with Gasteiger partial charge in [0.15, 0.2) is 0 Å². The number of morpholine rings is 1. The molecule has 4 rings (SSSR count). The van der Waals surface area contributed by atoms with Gasteiger partial charge in [-0.3, -0.25) is 9.69 Å². The molecule has 1 aromatic rings. The largest absolute Gasteiger partial charge is 0.379 e. The van der Waals surface area contributed by atoms with E-state index in [0.717, 1.165) is 45.0 Å². The van der Waals surface area contributed by atoms with Gasteiger partial charge >= 0.3 is 0 Å². The number of aromatic nitrogens is 2. The van der Waals surface area contributed by atoms with Crippen molar-refractivity contribution in [1.82, 2.24) is 19.4 Å². The van der Waals surface area contributed by atoms with E-state index in [1.807, 2.05) is 18.3 Å². The van der Waals surface area contributed by atoms with Crippen LogP contribution >= 0.6 is 0 Å². The molecule has 24 heavy (non-hydrogen) atoms. The first-order valence-electron chi connectivity index (χ1n) is 8.67. The van der Waals surface area contributed by atoms with E-state index in [-0.39, 0.29) is 11.9 Å². The fourth-order valence-electron chi connectivity index (χ4n) is 3.82. The second kappa shape index (κ2) is 5.87. The average molecular weight is 329 g/mol. The summed E-state index contributed by atoms with van der Waals surface area (Å²) in [6.07, 6.45) is 4.03. The number of hydrogen-bond donors (Lipinski definition) is 0. The zero-order valence-corrected chi connectivity index (χ0v) is 14.1. The third-order valence-corrected chi connectivity index (χ3v) is 5.54. The standard InChI is InChI=1S/C17H23N5O2/c1-20-12-19-15-13(20)2-5-22(16(23)17(11-18)3-4-17)14(15)10-21-6-8-24-9-7-21/h12,14H,2-10H2,1H3. The van der Waals surface area contributed by atoms with Crippen LogP contribution in [-0.4, -0.2) is 64.7 Å². The number of hydrogen-bond acceptors (Lipinski definition) is 5. The van der Waals surface area contributed by atoms with E-state index in [9.17, 15) is 10.1 Å². The summed E-state index contributed by atoms with van der Waals surface area (Å²) in [6.45, 7) is 4.66. The highest BCUT2D eigenvalue weighted by atomic mass is 16.5. The Morgan fingerprint density at radius 2 is 2.17 bits per heavy atom. The van der Waals surface area contributed by atoms with Crippen LogP contribution in [0.2, 0.25) is 0 Å². The Labute approximate surface area is 141 Å². The summed E-state index contributed by atoms with van der Waals surface area (Å²) < 4.78 is 7.49. The Balaban J connectivity index is 1.62. The lowest BCUT2D eigenvalue weighted by Gasteiger charge is -2.40. The number of rotatable bonds is 3. The van der Waals surface area contributed by atoms with Gasteiger partial charge in [-0.25, -0.2) is 4.98 Å². The van der Waals surface area contributed by atoms with Crippen molar-refractivity contribution in [1.29, 1.82) is 5.26 Å². The number of fused-ring (bicyclic) bond motifs is 1. The number of amides is 1. The smallest absolute Gasteiger partial charge is 0.243 e. The van der Waals surface area contributed by atoms with Gasteiger partial charge in [0.2, 0.25) is 5.91 Å². The first-order chi connectivity index (χ1) is 11.6. The van der Waals surface area contributed by atoms with E-state index in [1.54, 1.807) is 0 Å². The first kappa shape index (κ1) is 15.6. The molecule has 0 radical (unpaired) electrons. The molecule has 1 saturated carbocycles. The predicted molar refractivity (Wildman–Crippen MR) is 85.9 cm³/mol. The number of imidazole rings is 1. The lowest BCUT2D eigenvalue weighted by Crippen LogP contribution is -2.49. The van der Waals surface area contributed by atoms with E-state index in [1.165, 1.54) is 5.69 Å². The Morgan fingerprint density at radius 1 is 1.42 bits per heavy atom. The van der Waals surface area contributed by atoms with Crippen molar-refractivity contribution in [2.75, 3.05) is 39.4 Å². The maximum absolute atomic E-state index is 13.0. The Kier molecular flexibility index (Phi) is 3.82. The van der Waals surface area contributed by atoms with Crippen LogP contribution in [0.4, 0.5) is 0 Å². The molecule has 2 aliphatic heterocycles. The Morgan fingerprint density at radius 3 is 2.83 bits per heavy atom. The number of nitrogens with zero attached hydrogens (tertiary/aromatic N) is 5. The summed E-state index contributed by atoms with van der Waals surface area (Å²) in [7, 11) is 2.01. The minimum atomic E-state index is -0.768. The topological polar surface area (TPSA) is 74.4 Å². The van der Waals surface area contributed by atoms with Crippen molar-refractivity contribution < 1.29 is 9.53 Å². The van der Waals surface area contributed by atoms with Gasteiger partial charge in [0.1, 0.15) is 5.41 Å². The zero-order chi connectivity index (χ0) is 16.7. The van der Waals surface area contributed by atoms with Crippen LogP contribution < -0.4 is 0 Å². The number of aryl methyl sites for hydroxylation is 1. The van der Waals surface area contributed by atoms with Gasteiger partial charge < -0.3 is 14.2 Å².